The lowest BCUT2D eigenvalue weighted by atomic mass is 9.77. The lowest BCUT2D eigenvalue weighted by Crippen LogP contribution is -2.57. The molecule has 1 aromatic carbocycles. The van der Waals surface area contributed by atoms with Crippen LogP contribution in [-0.4, -0.2) is 72.3 Å². The first-order valence-electron chi connectivity index (χ1n) is 12.3. The summed E-state index contributed by atoms with van der Waals surface area (Å²) in [5, 5.41) is 6.10. The van der Waals surface area contributed by atoms with E-state index >= 15 is 4.39 Å². The molecule has 4 aliphatic heterocycles. The van der Waals surface area contributed by atoms with Crippen molar-refractivity contribution in [2.75, 3.05) is 31.6 Å². The van der Waals surface area contributed by atoms with Gasteiger partial charge in [0.15, 0.2) is 17.2 Å². The number of piperidine rings is 1. The SMILES string of the molecule is Cc1nocc1NC(=O)[C@@H]1O[C@@](C)(C(F)(F)F)[C@@H](C)[C@H]1c1ccc(F)c(F)c1OCCN1CC2CC(C1)O2. The van der Waals surface area contributed by atoms with Crippen LogP contribution in [0.3, 0.4) is 0 Å². The summed E-state index contributed by atoms with van der Waals surface area (Å²) in [5.41, 5.74) is -2.38. The van der Waals surface area contributed by atoms with Gasteiger partial charge in [0.1, 0.15) is 30.4 Å². The van der Waals surface area contributed by atoms with Crippen LogP contribution in [0, 0.1) is 24.5 Å². The number of aryl methyl sites for hydroxylation is 1. The second-order valence-electron chi connectivity index (χ2n) is 10.3. The first-order valence-corrected chi connectivity index (χ1v) is 12.3. The molecule has 0 aliphatic carbocycles. The predicted octanol–water partition coefficient (Wildman–Crippen LogP) is 4.19. The number of alkyl halides is 3. The van der Waals surface area contributed by atoms with E-state index in [2.05, 4.69) is 15.4 Å². The molecule has 0 spiro atoms. The Morgan fingerprint density at radius 1 is 1.26 bits per heavy atom. The number of anilines is 1. The molecule has 13 heteroatoms. The van der Waals surface area contributed by atoms with Crippen LogP contribution in [0.4, 0.5) is 27.6 Å². The average Bonchev–Trinajstić information content (AvgIpc) is 3.37. The van der Waals surface area contributed by atoms with Crippen molar-refractivity contribution in [1.82, 2.24) is 10.1 Å². The second-order valence-corrected chi connectivity index (χ2v) is 10.3. The van der Waals surface area contributed by atoms with Crippen LogP contribution in [0.2, 0.25) is 0 Å². The predicted molar refractivity (Wildman–Crippen MR) is 123 cm³/mol. The third-order valence-electron chi connectivity index (χ3n) is 7.86. The van der Waals surface area contributed by atoms with Gasteiger partial charge in [-0.1, -0.05) is 18.1 Å². The molecule has 0 radical (unpaired) electrons. The van der Waals surface area contributed by atoms with Crippen LogP contribution in [0.15, 0.2) is 22.9 Å². The lowest BCUT2D eigenvalue weighted by Gasteiger charge is -2.47. The molecule has 2 aromatic rings. The summed E-state index contributed by atoms with van der Waals surface area (Å²) < 4.78 is 93.4. The van der Waals surface area contributed by atoms with Gasteiger partial charge in [0.2, 0.25) is 5.82 Å². The zero-order valence-electron chi connectivity index (χ0n) is 21.0. The van der Waals surface area contributed by atoms with Crippen LogP contribution in [0.25, 0.3) is 0 Å². The molecule has 8 nitrogen and oxygen atoms in total. The number of hydrogen-bond acceptors (Lipinski definition) is 7. The van der Waals surface area contributed by atoms with Gasteiger partial charge in [-0.25, -0.2) is 4.39 Å². The highest BCUT2D eigenvalue weighted by Gasteiger charge is 2.66. The summed E-state index contributed by atoms with van der Waals surface area (Å²) >= 11 is 0. The number of fused-ring (bicyclic) bond motifs is 2. The number of nitrogens with one attached hydrogen (secondary N) is 1. The van der Waals surface area contributed by atoms with Crippen LogP contribution in [-0.2, 0) is 14.3 Å². The van der Waals surface area contributed by atoms with Crippen LogP contribution >= 0.6 is 0 Å². The Bertz CT molecular complexity index is 1190. The third kappa shape index (κ3) is 4.64. The van der Waals surface area contributed by atoms with Crippen LogP contribution < -0.4 is 10.1 Å². The Morgan fingerprint density at radius 2 is 1.95 bits per heavy atom. The molecule has 1 amide bonds. The topological polar surface area (TPSA) is 86.1 Å². The summed E-state index contributed by atoms with van der Waals surface area (Å²) in [5.74, 6) is -6.68. The first kappa shape index (κ1) is 26.8. The number of hydrogen-bond donors (Lipinski definition) is 1. The normalized spacial score (nSPS) is 31.2. The van der Waals surface area contributed by atoms with Gasteiger partial charge in [0.25, 0.3) is 5.91 Å². The van der Waals surface area contributed by atoms with E-state index in [1.807, 2.05) is 0 Å². The van der Waals surface area contributed by atoms with Gasteiger partial charge in [-0.15, -0.1) is 0 Å². The van der Waals surface area contributed by atoms with E-state index in [9.17, 15) is 22.4 Å². The Morgan fingerprint density at radius 3 is 2.55 bits per heavy atom. The lowest BCUT2D eigenvalue weighted by molar-refractivity contribution is -0.272. The van der Waals surface area contributed by atoms with Gasteiger partial charge in [-0.05, 0) is 19.9 Å². The number of aromatic nitrogens is 1. The fourth-order valence-electron chi connectivity index (χ4n) is 5.50. The highest BCUT2D eigenvalue weighted by Crippen LogP contribution is 2.55. The Kier molecular flexibility index (Phi) is 6.89. The minimum atomic E-state index is -4.86. The molecule has 208 valence electrons. The van der Waals surface area contributed by atoms with Crippen molar-refractivity contribution in [3.63, 3.8) is 0 Å². The minimum Gasteiger partial charge on any atom is -0.489 e. The van der Waals surface area contributed by atoms with E-state index < -0.39 is 53.0 Å². The van der Waals surface area contributed by atoms with E-state index in [0.29, 0.717) is 25.3 Å². The second kappa shape index (κ2) is 9.76. The molecule has 5 heterocycles. The molecule has 6 atom stereocenters. The van der Waals surface area contributed by atoms with E-state index in [1.54, 1.807) is 0 Å². The van der Waals surface area contributed by atoms with Crippen molar-refractivity contribution in [2.45, 2.75) is 63.2 Å². The number of rotatable bonds is 7. The standard InChI is InChI=1S/C25H28F5N3O5/c1-12-19(22(38-24(12,3)25(28,29)30)23(34)31-18-11-36-32-13(18)2)16-4-5-17(26)20(27)21(16)35-7-6-33-9-14-8-15(10-33)37-14/h4-5,11-12,14-15,19,22H,6-10H2,1-3H3,(H,31,34)/t12-,14?,15?,19-,22+,24+/m0/s1. The number of benzene rings is 1. The molecule has 0 saturated carbocycles. The highest BCUT2D eigenvalue weighted by molar-refractivity contribution is 5.95. The number of halogens is 5. The molecular weight excluding hydrogens is 517 g/mol. The number of carbonyl (C=O) groups is 1. The summed E-state index contributed by atoms with van der Waals surface area (Å²) in [7, 11) is 0. The van der Waals surface area contributed by atoms with E-state index in [1.165, 1.54) is 13.8 Å². The molecule has 2 unspecified atom stereocenters. The van der Waals surface area contributed by atoms with Crippen LogP contribution in [0.1, 0.15) is 37.4 Å². The molecule has 1 aromatic heterocycles. The monoisotopic (exact) mass is 545 g/mol. The Balaban J connectivity index is 1.45. The Hall–Kier alpha value is -2.77. The molecule has 38 heavy (non-hydrogen) atoms. The van der Waals surface area contributed by atoms with Gasteiger partial charge in [0, 0.05) is 43.5 Å². The molecule has 2 bridgehead atoms. The summed E-state index contributed by atoms with van der Waals surface area (Å²) in [6.45, 7) is 5.35. The van der Waals surface area contributed by atoms with E-state index in [4.69, 9.17) is 18.7 Å². The van der Waals surface area contributed by atoms with Gasteiger partial charge in [-0.3, -0.25) is 9.69 Å². The highest BCUT2D eigenvalue weighted by atomic mass is 19.4. The maximum atomic E-state index is 15.1. The summed E-state index contributed by atoms with van der Waals surface area (Å²) in [4.78, 5) is 15.3. The van der Waals surface area contributed by atoms with Gasteiger partial charge in [0.05, 0.1) is 12.2 Å². The van der Waals surface area contributed by atoms with Gasteiger partial charge in [-0.2, -0.15) is 17.6 Å². The van der Waals surface area contributed by atoms with Crippen molar-refractivity contribution in [3.05, 3.63) is 41.3 Å². The first-order chi connectivity index (χ1) is 17.9. The van der Waals surface area contributed by atoms with Crippen molar-refractivity contribution in [1.29, 1.82) is 0 Å². The van der Waals surface area contributed by atoms with E-state index in [0.717, 1.165) is 31.7 Å². The van der Waals surface area contributed by atoms with Crippen molar-refractivity contribution in [3.8, 4) is 5.75 Å². The van der Waals surface area contributed by atoms with Crippen LogP contribution in [0.5, 0.6) is 5.75 Å². The smallest absolute Gasteiger partial charge is 0.417 e. The van der Waals surface area contributed by atoms with Gasteiger partial charge < -0.3 is 24.1 Å². The zero-order chi connectivity index (χ0) is 27.4. The number of ether oxygens (including phenoxy) is 3. The van der Waals surface area contributed by atoms with Crippen molar-refractivity contribution >= 4 is 11.6 Å². The molecule has 4 saturated heterocycles. The largest absolute Gasteiger partial charge is 0.489 e. The minimum absolute atomic E-state index is 0.0396. The molecule has 4 fully saturated rings. The number of morpholine rings is 1. The van der Waals surface area contributed by atoms with Crippen molar-refractivity contribution < 1.29 is 45.5 Å². The quantitative estimate of drug-likeness (QED) is 0.523. The molecule has 4 aliphatic rings. The Labute approximate surface area is 215 Å². The number of amides is 1. The zero-order valence-corrected chi connectivity index (χ0v) is 21.0. The summed E-state index contributed by atoms with van der Waals surface area (Å²) in [6.07, 6.45) is -4.17. The number of carbonyl (C=O) groups excluding carboxylic acids is 1. The fourth-order valence-corrected chi connectivity index (χ4v) is 5.50. The molecular formula is C25H28F5N3O5. The number of nitrogens with zero attached hydrogens (tertiary/aromatic N) is 2. The van der Waals surface area contributed by atoms with E-state index in [-0.39, 0.29) is 30.1 Å². The maximum absolute atomic E-state index is 15.1. The summed E-state index contributed by atoms with van der Waals surface area (Å²) in [6, 6.07) is 1.96. The average molecular weight is 546 g/mol. The third-order valence-corrected chi connectivity index (χ3v) is 7.86. The maximum Gasteiger partial charge on any atom is 0.417 e. The van der Waals surface area contributed by atoms with Gasteiger partial charge >= 0.3 is 6.18 Å². The van der Waals surface area contributed by atoms with Crippen molar-refractivity contribution in [2.24, 2.45) is 5.92 Å². The molecule has 1 N–H and O–H groups in total. The molecule has 6 rings (SSSR count). The fraction of sp³-hybridized carbons (Fsp3) is 0.600.